The zero-order valence-corrected chi connectivity index (χ0v) is 11.8. The monoisotopic (exact) mass is 265 g/mol. The average molecular weight is 265 g/mol. The maximum absolute atomic E-state index is 13.0. The van der Waals surface area contributed by atoms with Gasteiger partial charge in [0.1, 0.15) is 5.82 Å². The summed E-state index contributed by atoms with van der Waals surface area (Å²) in [5.41, 5.74) is 7.02. The van der Waals surface area contributed by atoms with Gasteiger partial charge in [-0.3, -0.25) is 0 Å². The quantitative estimate of drug-likeness (QED) is 0.898. The minimum Gasteiger partial charge on any atom is -0.368 e. The second kappa shape index (κ2) is 6.49. The summed E-state index contributed by atoms with van der Waals surface area (Å²) >= 11 is 0. The van der Waals surface area contributed by atoms with E-state index in [4.69, 9.17) is 10.5 Å². The molecule has 0 saturated heterocycles. The van der Waals surface area contributed by atoms with Crippen LogP contribution in [0.2, 0.25) is 0 Å². The highest BCUT2D eigenvalue weighted by Gasteiger charge is 2.27. The van der Waals surface area contributed by atoms with Crippen LogP contribution >= 0.6 is 0 Å². The maximum atomic E-state index is 13.0. The molecule has 106 valence electrons. The van der Waals surface area contributed by atoms with Crippen molar-refractivity contribution in [2.75, 3.05) is 0 Å². The minimum atomic E-state index is -0.224. The molecule has 0 radical (unpaired) electrons. The Bertz CT molecular complexity index is 390. The van der Waals surface area contributed by atoms with E-state index >= 15 is 0 Å². The zero-order valence-electron chi connectivity index (χ0n) is 11.8. The van der Waals surface area contributed by atoms with Crippen molar-refractivity contribution in [3.05, 3.63) is 35.6 Å². The normalized spacial score (nSPS) is 26.9. The molecule has 1 aromatic rings. The molecule has 1 aliphatic carbocycles. The Morgan fingerprint density at radius 3 is 2.42 bits per heavy atom. The van der Waals surface area contributed by atoms with Gasteiger partial charge in [-0.05, 0) is 43.4 Å². The molecule has 19 heavy (non-hydrogen) atoms. The van der Waals surface area contributed by atoms with Crippen molar-refractivity contribution >= 4 is 0 Å². The molecule has 3 heteroatoms. The molecule has 0 bridgehead atoms. The summed E-state index contributed by atoms with van der Waals surface area (Å²) in [6.45, 7) is 4.19. The maximum Gasteiger partial charge on any atom is 0.123 e. The van der Waals surface area contributed by atoms with Crippen LogP contribution in [0.25, 0.3) is 0 Å². The Hall–Kier alpha value is -0.930. The molecular weight excluding hydrogens is 241 g/mol. The number of halogens is 1. The fourth-order valence-electron chi connectivity index (χ4n) is 2.83. The first-order valence-corrected chi connectivity index (χ1v) is 7.24. The number of rotatable bonds is 4. The van der Waals surface area contributed by atoms with Gasteiger partial charge in [-0.2, -0.15) is 0 Å². The van der Waals surface area contributed by atoms with Gasteiger partial charge >= 0.3 is 0 Å². The fourth-order valence-corrected chi connectivity index (χ4v) is 2.83. The van der Waals surface area contributed by atoms with Crippen molar-refractivity contribution in [1.29, 1.82) is 0 Å². The smallest absolute Gasteiger partial charge is 0.123 e. The second-order valence-electron chi connectivity index (χ2n) is 5.77. The molecule has 0 heterocycles. The Morgan fingerprint density at radius 1 is 1.21 bits per heavy atom. The summed E-state index contributed by atoms with van der Waals surface area (Å²) in [6, 6.07) is 6.39. The Morgan fingerprint density at radius 2 is 1.84 bits per heavy atom. The Labute approximate surface area is 115 Å². The SMILES string of the molecule is CC(N)C(OC1CCCCC1C)c1ccc(F)cc1. The third-order valence-corrected chi connectivity index (χ3v) is 4.03. The molecule has 2 N–H and O–H groups in total. The highest BCUT2D eigenvalue weighted by molar-refractivity contribution is 5.20. The van der Waals surface area contributed by atoms with Crippen molar-refractivity contribution in [1.82, 2.24) is 0 Å². The first-order chi connectivity index (χ1) is 9.08. The third kappa shape index (κ3) is 3.77. The molecule has 2 nitrogen and oxygen atoms in total. The topological polar surface area (TPSA) is 35.2 Å². The number of hydrogen-bond acceptors (Lipinski definition) is 2. The first-order valence-electron chi connectivity index (χ1n) is 7.24. The van der Waals surface area contributed by atoms with E-state index < -0.39 is 0 Å². The van der Waals surface area contributed by atoms with E-state index in [-0.39, 0.29) is 24.1 Å². The highest BCUT2D eigenvalue weighted by atomic mass is 19.1. The van der Waals surface area contributed by atoms with Crippen molar-refractivity contribution < 1.29 is 9.13 Å². The predicted molar refractivity (Wildman–Crippen MR) is 75.3 cm³/mol. The van der Waals surface area contributed by atoms with Gasteiger partial charge in [0, 0.05) is 6.04 Å². The van der Waals surface area contributed by atoms with E-state index in [0.717, 1.165) is 12.0 Å². The van der Waals surface area contributed by atoms with E-state index in [0.29, 0.717) is 5.92 Å². The molecule has 0 aromatic heterocycles. The summed E-state index contributed by atoms with van der Waals surface area (Å²) in [4.78, 5) is 0. The Kier molecular flexibility index (Phi) is 4.94. The predicted octanol–water partition coefficient (Wildman–Crippen LogP) is 3.81. The number of nitrogens with two attached hydrogens (primary N) is 1. The molecule has 0 spiro atoms. The molecule has 1 fully saturated rings. The van der Waals surface area contributed by atoms with Crippen LogP contribution in [0.15, 0.2) is 24.3 Å². The van der Waals surface area contributed by atoms with Crippen molar-refractivity contribution in [2.24, 2.45) is 11.7 Å². The van der Waals surface area contributed by atoms with Crippen LogP contribution in [-0.4, -0.2) is 12.1 Å². The molecule has 2 rings (SSSR count). The van der Waals surface area contributed by atoms with E-state index in [2.05, 4.69) is 6.92 Å². The lowest BCUT2D eigenvalue weighted by molar-refractivity contribution is -0.0651. The van der Waals surface area contributed by atoms with E-state index in [1.54, 1.807) is 12.1 Å². The van der Waals surface area contributed by atoms with Crippen LogP contribution in [0.5, 0.6) is 0 Å². The molecule has 4 unspecified atom stereocenters. The van der Waals surface area contributed by atoms with Crippen LogP contribution in [0, 0.1) is 11.7 Å². The third-order valence-electron chi connectivity index (χ3n) is 4.03. The summed E-state index contributed by atoms with van der Waals surface area (Å²) in [6.07, 6.45) is 4.97. The lowest BCUT2D eigenvalue weighted by atomic mass is 9.87. The Balaban J connectivity index is 2.09. The van der Waals surface area contributed by atoms with Gasteiger partial charge in [0.2, 0.25) is 0 Å². The van der Waals surface area contributed by atoms with Crippen molar-refractivity contribution in [2.45, 2.75) is 57.8 Å². The lowest BCUT2D eigenvalue weighted by Gasteiger charge is -2.34. The summed E-state index contributed by atoms with van der Waals surface area (Å²) in [5.74, 6) is 0.355. The standard InChI is InChI=1S/C16H24FNO/c1-11-5-3-4-6-15(11)19-16(12(2)18)13-7-9-14(17)10-8-13/h7-12,15-16H,3-6,18H2,1-2H3. The molecule has 0 aliphatic heterocycles. The van der Waals surface area contributed by atoms with Gasteiger partial charge in [-0.25, -0.2) is 4.39 Å². The largest absolute Gasteiger partial charge is 0.368 e. The summed E-state index contributed by atoms with van der Waals surface area (Å²) in [7, 11) is 0. The van der Waals surface area contributed by atoms with Gasteiger partial charge in [0.05, 0.1) is 12.2 Å². The number of benzene rings is 1. The van der Waals surface area contributed by atoms with Crippen LogP contribution in [0.1, 0.15) is 51.2 Å². The fraction of sp³-hybridized carbons (Fsp3) is 0.625. The minimum absolute atomic E-state index is 0.0976. The molecule has 4 atom stereocenters. The van der Waals surface area contributed by atoms with Crippen LogP contribution < -0.4 is 5.73 Å². The van der Waals surface area contributed by atoms with Crippen LogP contribution in [0.4, 0.5) is 4.39 Å². The molecule has 1 saturated carbocycles. The van der Waals surface area contributed by atoms with E-state index in [9.17, 15) is 4.39 Å². The zero-order chi connectivity index (χ0) is 13.8. The summed E-state index contributed by atoms with van der Waals surface area (Å²) < 4.78 is 19.2. The summed E-state index contributed by atoms with van der Waals surface area (Å²) in [5, 5.41) is 0. The van der Waals surface area contributed by atoms with Crippen LogP contribution in [-0.2, 0) is 4.74 Å². The molecule has 1 aliphatic rings. The molecule has 1 aromatic carbocycles. The lowest BCUT2D eigenvalue weighted by Crippen LogP contribution is -2.34. The van der Waals surface area contributed by atoms with Gasteiger partial charge in [0.25, 0.3) is 0 Å². The highest BCUT2D eigenvalue weighted by Crippen LogP contribution is 2.32. The van der Waals surface area contributed by atoms with Gasteiger partial charge in [-0.1, -0.05) is 31.9 Å². The number of hydrogen-bond donors (Lipinski definition) is 1. The average Bonchev–Trinajstić information content (AvgIpc) is 2.39. The number of ether oxygens (including phenoxy) is 1. The van der Waals surface area contributed by atoms with Gasteiger partial charge in [-0.15, -0.1) is 0 Å². The van der Waals surface area contributed by atoms with Crippen molar-refractivity contribution in [3.8, 4) is 0 Å². The van der Waals surface area contributed by atoms with Crippen LogP contribution in [0.3, 0.4) is 0 Å². The molecular formula is C16H24FNO. The van der Waals surface area contributed by atoms with Gasteiger partial charge < -0.3 is 10.5 Å². The molecule has 0 amide bonds. The van der Waals surface area contributed by atoms with E-state index in [1.165, 1.54) is 31.4 Å². The van der Waals surface area contributed by atoms with Gasteiger partial charge in [0.15, 0.2) is 0 Å². The van der Waals surface area contributed by atoms with Crippen molar-refractivity contribution in [3.63, 3.8) is 0 Å². The first kappa shape index (κ1) is 14.5. The van der Waals surface area contributed by atoms with E-state index in [1.807, 2.05) is 6.92 Å². The second-order valence-corrected chi connectivity index (χ2v) is 5.77.